The molecule has 0 saturated heterocycles. The summed E-state index contributed by atoms with van der Waals surface area (Å²) in [4.78, 5) is 0. The SMILES string of the molecule is CC1(Cc2ccccc2)[C@H](O)CC[C@@H]1O. The lowest BCUT2D eigenvalue weighted by Crippen LogP contribution is -2.37. The average Bonchev–Trinajstić information content (AvgIpc) is 2.48. The molecule has 0 spiro atoms. The van der Waals surface area contributed by atoms with E-state index in [2.05, 4.69) is 0 Å². The van der Waals surface area contributed by atoms with E-state index in [4.69, 9.17) is 0 Å². The average molecular weight is 206 g/mol. The number of hydrogen-bond donors (Lipinski definition) is 2. The fraction of sp³-hybridized carbons (Fsp3) is 0.538. The van der Waals surface area contributed by atoms with Crippen LogP contribution in [-0.4, -0.2) is 22.4 Å². The molecule has 1 aliphatic rings. The normalized spacial score (nSPS) is 35.7. The van der Waals surface area contributed by atoms with E-state index in [-0.39, 0.29) is 17.6 Å². The third kappa shape index (κ3) is 1.92. The van der Waals surface area contributed by atoms with Crippen molar-refractivity contribution in [2.24, 2.45) is 5.41 Å². The zero-order valence-corrected chi connectivity index (χ0v) is 9.06. The second kappa shape index (κ2) is 3.95. The summed E-state index contributed by atoms with van der Waals surface area (Å²) < 4.78 is 0. The van der Waals surface area contributed by atoms with E-state index in [1.165, 1.54) is 5.56 Å². The Labute approximate surface area is 90.6 Å². The minimum Gasteiger partial charge on any atom is -0.392 e. The minimum atomic E-state index is -0.382. The topological polar surface area (TPSA) is 40.5 Å². The summed E-state index contributed by atoms with van der Waals surface area (Å²) in [6.45, 7) is 1.97. The van der Waals surface area contributed by atoms with Gasteiger partial charge in [-0.05, 0) is 24.8 Å². The van der Waals surface area contributed by atoms with Crippen molar-refractivity contribution < 1.29 is 10.2 Å². The van der Waals surface area contributed by atoms with Crippen molar-refractivity contribution in [1.29, 1.82) is 0 Å². The number of hydrogen-bond acceptors (Lipinski definition) is 2. The Morgan fingerprint density at radius 1 is 1.13 bits per heavy atom. The van der Waals surface area contributed by atoms with Gasteiger partial charge in [-0.1, -0.05) is 37.3 Å². The molecule has 3 atom stereocenters. The van der Waals surface area contributed by atoms with Gasteiger partial charge in [-0.25, -0.2) is 0 Å². The van der Waals surface area contributed by atoms with Gasteiger partial charge in [0.05, 0.1) is 12.2 Å². The summed E-state index contributed by atoms with van der Waals surface area (Å²) in [6.07, 6.45) is 1.41. The summed E-state index contributed by atoms with van der Waals surface area (Å²) in [6, 6.07) is 10.1. The Morgan fingerprint density at radius 3 is 2.20 bits per heavy atom. The molecule has 2 N–H and O–H groups in total. The monoisotopic (exact) mass is 206 g/mol. The van der Waals surface area contributed by atoms with Gasteiger partial charge in [0, 0.05) is 5.41 Å². The van der Waals surface area contributed by atoms with Gasteiger partial charge >= 0.3 is 0 Å². The third-order valence-corrected chi connectivity index (χ3v) is 3.66. The van der Waals surface area contributed by atoms with Crippen LogP contribution in [0.1, 0.15) is 25.3 Å². The molecule has 1 aromatic carbocycles. The van der Waals surface area contributed by atoms with Crippen LogP contribution in [0, 0.1) is 5.41 Å². The van der Waals surface area contributed by atoms with Crippen LogP contribution in [0.25, 0.3) is 0 Å². The van der Waals surface area contributed by atoms with Crippen molar-refractivity contribution in [2.75, 3.05) is 0 Å². The zero-order chi connectivity index (χ0) is 10.9. The van der Waals surface area contributed by atoms with Crippen LogP contribution >= 0.6 is 0 Å². The summed E-state index contributed by atoms with van der Waals surface area (Å²) in [5, 5.41) is 19.8. The summed E-state index contributed by atoms with van der Waals surface area (Å²) in [5.41, 5.74) is 0.807. The van der Waals surface area contributed by atoms with Crippen molar-refractivity contribution in [3.05, 3.63) is 35.9 Å². The summed E-state index contributed by atoms with van der Waals surface area (Å²) in [5.74, 6) is 0. The first-order chi connectivity index (χ1) is 7.13. The van der Waals surface area contributed by atoms with E-state index in [1.54, 1.807) is 0 Å². The molecule has 1 aliphatic carbocycles. The Bertz CT molecular complexity index is 311. The van der Waals surface area contributed by atoms with Gasteiger partial charge in [0.15, 0.2) is 0 Å². The molecule has 0 aliphatic heterocycles. The van der Waals surface area contributed by atoms with Crippen molar-refractivity contribution in [3.63, 3.8) is 0 Å². The van der Waals surface area contributed by atoms with Gasteiger partial charge < -0.3 is 10.2 Å². The van der Waals surface area contributed by atoms with E-state index >= 15 is 0 Å². The lowest BCUT2D eigenvalue weighted by molar-refractivity contribution is -0.0102. The van der Waals surface area contributed by atoms with Gasteiger partial charge in [0.2, 0.25) is 0 Å². The fourth-order valence-corrected chi connectivity index (χ4v) is 2.47. The quantitative estimate of drug-likeness (QED) is 0.774. The maximum atomic E-state index is 9.92. The molecule has 0 radical (unpaired) electrons. The van der Waals surface area contributed by atoms with Crippen molar-refractivity contribution in [1.82, 2.24) is 0 Å². The van der Waals surface area contributed by atoms with Crippen molar-refractivity contribution in [3.8, 4) is 0 Å². The third-order valence-electron chi connectivity index (χ3n) is 3.66. The van der Waals surface area contributed by atoms with Gasteiger partial charge in [-0.15, -0.1) is 0 Å². The number of rotatable bonds is 2. The molecule has 0 bridgehead atoms. The summed E-state index contributed by atoms with van der Waals surface area (Å²) in [7, 11) is 0. The Kier molecular flexibility index (Phi) is 2.81. The lowest BCUT2D eigenvalue weighted by Gasteiger charge is -2.31. The van der Waals surface area contributed by atoms with Crippen LogP contribution in [0.4, 0.5) is 0 Å². The molecule has 15 heavy (non-hydrogen) atoms. The number of aliphatic hydroxyl groups excluding tert-OH is 2. The molecule has 0 heterocycles. The predicted molar refractivity (Wildman–Crippen MR) is 59.5 cm³/mol. The Hall–Kier alpha value is -0.860. The molecule has 1 fully saturated rings. The fourth-order valence-electron chi connectivity index (χ4n) is 2.47. The molecule has 0 aromatic heterocycles. The van der Waals surface area contributed by atoms with E-state index in [0.29, 0.717) is 12.8 Å². The van der Waals surface area contributed by atoms with Crippen molar-refractivity contribution >= 4 is 0 Å². The first-order valence-electron chi connectivity index (χ1n) is 5.53. The van der Waals surface area contributed by atoms with Crippen LogP contribution in [0.15, 0.2) is 30.3 Å². The molecule has 82 valence electrons. The standard InChI is InChI=1S/C13H18O2/c1-13(11(14)7-8-12(13)15)9-10-5-3-2-4-6-10/h2-6,11-12,14-15H,7-9H2,1H3/t11-,12+,13?. The first kappa shape index (κ1) is 10.7. The largest absolute Gasteiger partial charge is 0.392 e. The maximum absolute atomic E-state index is 9.92. The predicted octanol–water partition coefficient (Wildman–Crippen LogP) is 1.75. The molecular weight excluding hydrogens is 188 g/mol. The smallest absolute Gasteiger partial charge is 0.0622 e. The second-order valence-electron chi connectivity index (χ2n) is 4.78. The van der Waals surface area contributed by atoms with Crippen molar-refractivity contribution in [2.45, 2.75) is 38.4 Å². The van der Waals surface area contributed by atoms with Crippen LogP contribution in [0.2, 0.25) is 0 Å². The van der Waals surface area contributed by atoms with Crippen LogP contribution < -0.4 is 0 Å². The van der Waals surface area contributed by atoms with E-state index in [0.717, 1.165) is 6.42 Å². The molecule has 0 amide bonds. The lowest BCUT2D eigenvalue weighted by atomic mass is 9.78. The second-order valence-corrected chi connectivity index (χ2v) is 4.78. The van der Waals surface area contributed by atoms with Crippen LogP contribution in [-0.2, 0) is 6.42 Å². The molecule has 2 rings (SSSR count). The molecule has 2 heteroatoms. The van der Waals surface area contributed by atoms with Gasteiger partial charge in [0.1, 0.15) is 0 Å². The molecule has 1 aromatic rings. The molecular formula is C13H18O2. The Balaban J connectivity index is 2.17. The Morgan fingerprint density at radius 2 is 1.67 bits per heavy atom. The highest BCUT2D eigenvalue weighted by atomic mass is 16.3. The van der Waals surface area contributed by atoms with E-state index in [1.807, 2.05) is 37.3 Å². The van der Waals surface area contributed by atoms with E-state index < -0.39 is 0 Å². The highest BCUT2D eigenvalue weighted by molar-refractivity contribution is 5.18. The number of aliphatic hydroxyl groups is 2. The van der Waals surface area contributed by atoms with Crippen LogP contribution in [0.5, 0.6) is 0 Å². The molecule has 1 unspecified atom stereocenters. The minimum absolute atomic E-state index is 0.374. The number of benzene rings is 1. The maximum Gasteiger partial charge on any atom is 0.0622 e. The first-order valence-corrected chi connectivity index (χ1v) is 5.53. The van der Waals surface area contributed by atoms with Gasteiger partial charge in [0.25, 0.3) is 0 Å². The summed E-state index contributed by atoms with van der Waals surface area (Å²) >= 11 is 0. The van der Waals surface area contributed by atoms with Crippen LogP contribution in [0.3, 0.4) is 0 Å². The van der Waals surface area contributed by atoms with Gasteiger partial charge in [-0.3, -0.25) is 0 Å². The molecule has 1 saturated carbocycles. The van der Waals surface area contributed by atoms with E-state index in [9.17, 15) is 10.2 Å². The van der Waals surface area contributed by atoms with Gasteiger partial charge in [-0.2, -0.15) is 0 Å². The highest BCUT2D eigenvalue weighted by Gasteiger charge is 2.44. The highest BCUT2D eigenvalue weighted by Crippen LogP contribution is 2.40. The zero-order valence-electron chi connectivity index (χ0n) is 9.06. The molecule has 2 nitrogen and oxygen atoms in total.